The average Bonchev–Trinajstić information content (AvgIpc) is 2.74. The van der Waals surface area contributed by atoms with E-state index in [1.165, 1.54) is 50.6 Å². The fourth-order valence-corrected chi connectivity index (χ4v) is 4.28. The van der Waals surface area contributed by atoms with Gasteiger partial charge in [-0.25, -0.2) is 0 Å². The third kappa shape index (κ3) is 4.92. The molecule has 0 bridgehead atoms. The first kappa shape index (κ1) is 21.7. The van der Waals surface area contributed by atoms with Gasteiger partial charge in [0.25, 0.3) is 5.91 Å². The van der Waals surface area contributed by atoms with Gasteiger partial charge in [-0.2, -0.15) is 8.42 Å². The minimum Gasteiger partial charge on any atom is -0.496 e. The number of nitrogens with one attached hydrogen (secondary N) is 1. The van der Waals surface area contributed by atoms with Gasteiger partial charge >= 0.3 is 10.1 Å². The smallest absolute Gasteiger partial charge is 0.342 e. The van der Waals surface area contributed by atoms with Crippen molar-refractivity contribution in [2.45, 2.75) is 4.90 Å². The van der Waals surface area contributed by atoms with Crippen molar-refractivity contribution < 1.29 is 26.9 Å². The summed E-state index contributed by atoms with van der Waals surface area (Å²) in [5.41, 5.74) is 0.848. The Bertz CT molecular complexity index is 1160. The predicted octanol–water partition coefficient (Wildman–Crippen LogP) is 4.49. The molecule has 7 nitrogen and oxygen atoms in total. The molecule has 1 amide bonds. The van der Waals surface area contributed by atoms with Gasteiger partial charge in [0.05, 0.1) is 19.8 Å². The fraction of sp³-hybridized carbons (Fsp3) is 0.0952. The van der Waals surface area contributed by atoms with Crippen molar-refractivity contribution in [2.24, 2.45) is 0 Å². The molecule has 0 aliphatic rings. The van der Waals surface area contributed by atoms with Crippen LogP contribution in [-0.2, 0) is 10.1 Å². The lowest BCUT2D eigenvalue weighted by atomic mass is 10.2. The van der Waals surface area contributed by atoms with E-state index in [4.69, 9.17) is 13.7 Å². The zero-order valence-electron chi connectivity index (χ0n) is 16.1. The minimum atomic E-state index is -4.13. The van der Waals surface area contributed by atoms with E-state index in [-0.39, 0.29) is 22.3 Å². The average molecular weight is 492 g/mol. The van der Waals surface area contributed by atoms with E-state index >= 15 is 0 Å². The van der Waals surface area contributed by atoms with Crippen molar-refractivity contribution in [3.8, 4) is 17.2 Å². The summed E-state index contributed by atoms with van der Waals surface area (Å²) in [5, 5.41) is 2.73. The number of anilines is 1. The maximum absolute atomic E-state index is 12.6. The predicted molar refractivity (Wildman–Crippen MR) is 116 cm³/mol. The molecule has 3 aromatic carbocycles. The highest BCUT2D eigenvalue weighted by molar-refractivity contribution is 9.10. The molecule has 0 unspecified atom stereocenters. The Morgan fingerprint density at radius 3 is 2.23 bits per heavy atom. The van der Waals surface area contributed by atoms with E-state index in [1.54, 1.807) is 30.3 Å². The van der Waals surface area contributed by atoms with Gasteiger partial charge in [-0.3, -0.25) is 4.79 Å². The fourth-order valence-electron chi connectivity index (χ4n) is 2.64. The number of methoxy groups -OCH3 is 2. The molecule has 0 aliphatic carbocycles. The van der Waals surface area contributed by atoms with Gasteiger partial charge in [-0.15, -0.1) is 0 Å². The van der Waals surface area contributed by atoms with Gasteiger partial charge in [0.1, 0.15) is 22.1 Å². The standard InChI is InChI=1S/C21H18BrNO6S/c1-27-18-6-4-3-5-17(18)21(24)23-15-8-10-16(11-9-15)29-30(25,26)20-13-14(22)7-12-19(20)28-2/h3-13H,1-2H3,(H,23,24). The third-order valence-electron chi connectivity index (χ3n) is 4.06. The molecule has 156 valence electrons. The minimum absolute atomic E-state index is 0.0901. The summed E-state index contributed by atoms with van der Waals surface area (Å²) in [4.78, 5) is 12.4. The van der Waals surface area contributed by atoms with Crippen LogP contribution in [-0.4, -0.2) is 28.5 Å². The number of hydrogen-bond donors (Lipinski definition) is 1. The van der Waals surface area contributed by atoms with Crippen molar-refractivity contribution >= 4 is 37.6 Å². The molecule has 9 heteroatoms. The largest absolute Gasteiger partial charge is 0.496 e. The Kier molecular flexibility index (Phi) is 6.63. The summed E-state index contributed by atoms with van der Waals surface area (Å²) in [6.07, 6.45) is 0. The van der Waals surface area contributed by atoms with E-state index in [1.807, 2.05) is 0 Å². The first-order valence-corrected chi connectivity index (χ1v) is 10.9. The first-order valence-electron chi connectivity index (χ1n) is 8.66. The van der Waals surface area contributed by atoms with Crippen LogP contribution in [0.15, 0.2) is 76.1 Å². The van der Waals surface area contributed by atoms with E-state index in [9.17, 15) is 13.2 Å². The summed E-state index contributed by atoms with van der Waals surface area (Å²) in [5.74, 6) is 0.350. The molecule has 30 heavy (non-hydrogen) atoms. The lowest BCUT2D eigenvalue weighted by Gasteiger charge is -2.12. The van der Waals surface area contributed by atoms with Crippen LogP contribution in [0.2, 0.25) is 0 Å². The van der Waals surface area contributed by atoms with Gasteiger partial charge in [0.2, 0.25) is 0 Å². The van der Waals surface area contributed by atoms with Gasteiger partial charge in [0, 0.05) is 10.2 Å². The van der Waals surface area contributed by atoms with Gasteiger partial charge in [-0.05, 0) is 54.6 Å². The van der Waals surface area contributed by atoms with Crippen molar-refractivity contribution in [3.63, 3.8) is 0 Å². The van der Waals surface area contributed by atoms with Crippen LogP contribution in [0.4, 0.5) is 5.69 Å². The van der Waals surface area contributed by atoms with Crippen LogP contribution in [0.25, 0.3) is 0 Å². The molecule has 0 saturated heterocycles. The Labute approximate surface area is 182 Å². The van der Waals surface area contributed by atoms with Crippen LogP contribution >= 0.6 is 15.9 Å². The Balaban J connectivity index is 1.76. The molecule has 0 heterocycles. The molecular weight excluding hydrogens is 474 g/mol. The molecule has 3 aromatic rings. The van der Waals surface area contributed by atoms with Gasteiger partial charge in [0.15, 0.2) is 0 Å². The van der Waals surface area contributed by atoms with Crippen LogP contribution in [0.1, 0.15) is 10.4 Å². The van der Waals surface area contributed by atoms with E-state index < -0.39 is 10.1 Å². The van der Waals surface area contributed by atoms with E-state index in [2.05, 4.69) is 21.2 Å². The van der Waals surface area contributed by atoms with E-state index in [0.29, 0.717) is 21.5 Å². The summed E-state index contributed by atoms with van der Waals surface area (Å²) < 4.78 is 41.4. The van der Waals surface area contributed by atoms with Crippen LogP contribution in [0.3, 0.4) is 0 Å². The summed E-state index contributed by atoms with van der Waals surface area (Å²) in [6, 6.07) is 17.4. The molecule has 1 N–H and O–H groups in total. The lowest BCUT2D eigenvalue weighted by molar-refractivity contribution is 0.102. The SMILES string of the molecule is COc1ccccc1C(=O)Nc1ccc(OS(=O)(=O)c2cc(Br)ccc2OC)cc1. The number of carbonyl (C=O) groups is 1. The molecule has 0 fully saturated rings. The molecule has 0 spiro atoms. The van der Waals surface area contributed by atoms with Crippen molar-refractivity contribution in [1.82, 2.24) is 0 Å². The van der Waals surface area contributed by atoms with Gasteiger partial charge < -0.3 is 19.0 Å². The highest BCUT2D eigenvalue weighted by Gasteiger charge is 2.22. The quantitative estimate of drug-likeness (QED) is 0.489. The first-order chi connectivity index (χ1) is 14.3. The number of hydrogen-bond acceptors (Lipinski definition) is 6. The molecular formula is C21H18BrNO6S. The topological polar surface area (TPSA) is 90.9 Å². The molecule has 0 saturated carbocycles. The van der Waals surface area contributed by atoms with Crippen molar-refractivity contribution in [2.75, 3.05) is 19.5 Å². The molecule has 0 aliphatic heterocycles. The maximum Gasteiger partial charge on any atom is 0.342 e. The number of rotatable bonds is 7. The third-order valence-corrected chi connectivity index (χ3v) is 5.83. The Morgan fingerprint density at radius 2 is 1.57 bits per heavy atom. The number of carbonyl (C=O) groups excluding carboxylic acids is 1. The highest BCUT2D eigenvalue weighted by Crippen LogP contribution is 2.30. The maximum atomic E-state index is 12.6. The monoisotopic (exact) mass is 491 g/mol. The Morgan fingerprint density at radius 1 is 0.900 bits per heavy atom. The van der Waals surface area contributed by atoms with Crippen molar-refractivity contribution in [1.29, 1.82) is 0 Å². The van der Waals surface area contributed by atoms with Crippen LogP contribution < -0.4 is 19.0 Å². The number of para-hydroxylation sites is 1. The second-order valence-electron chi connectivity index (χ2n) is 6.01. The second-order valence-corrected chi connectivity index (χ2v) is 8.44. The molecule has 0 aromatic heterocycles. The second kappa shape index (κ2) is 9.19. The van der Waals surface area contributed by atoms with Crippen LogP contribution in [0, 0.1) is 0 Å². The zero-order chi connectivity index (χ0) is 21.7. The molecule has 3 rings (SSSR count). The number of benzene rings is 3. The number of halogens is 1. The molecule has 0 radical (unpaired) electrons. The Hall–Kier alpha value is -3.04. The molecule has 0 atom stereocenters. The van der Waals surface area contributed by atoms with Gasteiger partial charge in [-0.1, -0.05) is 28.1 Å². The normalized spacial score (nSPS) is 10.9. The summed E-state index contributed by atoms with van der Waals surface area (Å²) >= 11 is 3.24. The number of amides is 1. The number of ether oxygens (including phenoxy) is 2. The lowest BCUT2D eigenvalue weighted by Crippen LogP contribution is -2.13. The van der Waals surface area contributed by atoms with E-state index in [0.717, 1.165) is 0 Å². The van der Waals surface area contributed by atoms with Crippen molar-refractivity contribution in [3.05, 3.63) is 76.8 Å². The highest BCUT2D eigenvalue weighted by atomic mass is 79.9. The van der Waals surface area contributed by atoms with Crippen LogP contribution in [0.5, 0.6) is 17.2 Å². The summed E-state index contributed by atoms with van der Waals surface area (Å²) in [6.45, 7) is 0. The summed E-state index contributed by atoms with van der Waals surface area (Å²) in [7, 11) is -1.26. The zero-order valence-corrected chi connectivity index (χ0v) is 18.5.